The van der Waals surface area contributed by atoms with Gasteiger partial charge in [0.05, 0.1) is 0 Å². The van der Waals surface area contributed by atoms with Crippen LogP contribution in [0.15, 0.2) is 30.3 Å². The van der Waals surface area contributed by atoms with E-state index < -0.39 is 17.2 Å². The van der Waals surface area contributed by atoms with Gasteiger partial charge in [0.25, 0.3) is 0 Å². The van der Waals surface area contributed by atoms with Crippen LogP contribution in [0, 0.1) is 23.7 Å². The number of aromatic hydroxyl groups is 5. The minimum Gasteiger partial charge on any atom is -0.508 e. The second-order valence-corrected chi connectivity index (χ2v) is 5.06. The van der Waals surface area contributed by atoms with Crippen LogP contribution in [0.4, 0.5) is 0 Å². The largest absolute Gasteiger partial charge is 0.508 e. The van der Waals surface area contributed by atoms with E-state index in [1.54, 1.807) is 0 Å². The van der Waals surface area contributed by atoms with Crippen molar-refractivity contribution in [1.29, 1.82) is 0 Å². The average Bonchev–Trinajstić information content (AvgIpc) is 2.50. The Morgan fingerprint density at radius 1 is 0.625 bits per heavy atom. The third-order valence-corrected chi connectivity index (χ3v) is 3.04. The third kappa shape index (κ3) is 4.79. The first-order valence-corrected chi connectivity index (χ1v) is 7.21. The fraction of sp³-hybridized carbons (Fsp3) is 0.158. The summed E-state index contributed by atoms with van der Waals surface area (Å²) >= 11 is 0. The van der Waals surface area contributed by atoms with Gasteiger partial charge in [-0.3, -0.25) is 0 Å². The topological polar surface area (TPSA) is 101 Å². The van der Waals surface area contributed by atoms with E-state index in [0.717, 1.165) is 6.42 Å². The number of hydrogen-bond donors (Lipinski definition) is 5. The van der Waals surface area contributed by atoms with Crippen molar-refractivity contribution < 1.29 is 25.5 Å². The Morgan fingerprint density at radius 3 is 1.58 bits per heavy atom. The van der Waals surface area contributed by atoms with Crippen molar-refractivity contribution in [2.24, 2.45) is 0 Å². The summed E-state index contributed by atoms with van der Waals surface area (Å²) in [6.45, 7) is 0. The number of benzene rings is 2. The van der Waals surface area contributed by atoms with Crippen LogP contribution in [0.1, 0.15) is 30.4 Å². The SMILES string of the molecule is Oc1cc(O)cc(C#CCCCC#Cc2cc(O)c(O)c(O)c2)c1. The van der Waals surface area contributed by atoms with Crippen molar-refractivity contribution in [3.05, 3.63) is 41.5 Å². The van der Waals surface area contributed by atoms with Crippen LogP contribution >= 0.6 is 0 Å². The van der Waals surface area contributed by atoms with Gasteiger partial charge in [-0.25, -0.2) is 0 Å². The highest BCUT2D eigenvalue weighted by Crippen LogP contribution is 2.34. The predicted octanol–water partition coefficient (Wildman–Crippen LogP) is 2.79. The maximum atomic E-state index is 9.37. The summed E-state index contributed by atoms with van der Waals surface area (Å²) in [5.74, 6) is 9.98. The summed E-state index contributed by atoms with van der Waals surface area (Å²) in [5, 5.41) is 46.6. The molecule has 24 heavy (non-hydrogen) atoms. The molecule has 0 bridgehead atoms. The summed E-state index contributed by atoms with van der Waals surface area (Å²) in [6, 6.07) is 6.72. The summed E-state index contributed by atoms with van der Waals surface area (Å²) in [6.07, 6.45) is 1.89. The lowest BCUT2D eigenvalue weighted by Crippen LogP contribution is -1.78. The molecule has 0 aliphatic carbocycles. The number of phenols is 5. The normalized spacial score (nSPS) is 9.50. The standard InChI is InChI=1S/C19H16O5/c20-15-8-13(9-16(21)12-15)6-4-2-1-3-5-7-14-10-17(22)19(24)18(23)11-14/h8-12,20-24H,1-3H2. The zero-order valence-corrected chi connectivity index (χ0v) is 12.7. The van der Waals surface area contributed by atoms with Gasteiger partial charge < -0.3 is 25.5 Å². The van der Waals surface area contributed by atoms with E-state index in [0.29, 0.717) is 24.0 Å². The second-order valence-electron chi connectivity index (χ2n) is 5.06. The molecule has 0 fully saturated rings. The van der Waals surface area contributed by atoms with Crippen molar-refractivity contribution in [2.45, 2.75) is 19.3 Å². The molecule has 0 saturated carbocycles. The van der Waals surface area contributed by atoms with Crippen molar-refractivity contribution >= 4 is 0 Å². The van der Waals surface area contributed by atoms with Gasteiger partial charge in [0.2, 0.25) is 0 Å². The van der Waals surface area contributed by atoms with Crippen LogP contribution in [0.5, 0.6) is 28.7 Å². The molecule has 0 unspecified atom stereocenters. The Balaban J connectivity index is 1.85. The Labute approximate surface area is 139 Å². The van der Waals surface area contributed by atoms with Gasteiger partial charge in [-0.1, -0.05) is 23.7 Å². The first kappa shape index (κ1) is 16.9. The van der Waals surface area contributed by atoms with E-state index in [1.807, 2.05) is 0 Å². The summed E-state index contributed by atoms with van der Waals surface area (Å²) in [7, 11) is 0. The third-order valence-electron chi connectivity index (χ3n) is 3.04. The highest BCUT2D eigenvalue weighted by Gasteiger charge is 2.06. The van der Waals surface area contributed by atoms with Gasteiger partial charge in [0.15, 0.2) is 17.2 Å². The van der Waals surface area contributed by atoms with E-state index in [4.69, 9.17) is 0 Å². The van der Waals surface area contributed by atoms with Gasteiger partial charge in [-0.2, -0.15) is 0 Å². The smallest absolute Gasteiger partial charge is 0.200 e. The summed E-state index contributed by atoms with van der Waals surface area (Å²) < 4.78 is 0. The molecule has 0 radical (unpaired) electrons. The van der Waals surface area contributed by atoms with Crippen LogP contribution in [-0.4, -0.2) is 25.5 Å². The van der Waals surface area contributed by atoms with Crippen LogP contribution in [0.2, 0.25) is 0 Å². The van der Waals surface area contributed by atoms with Gasteiger partial charge in [0, 0.05) is 30.0 Å². The first-order valence-electron chi connectivity index (χ1n) is 7.21. The molecule has 2 rings (SSSR count). The van der Waals surface area contributed by atoms with Crippen LogP contribution < -0.4 is 0 Å². The maximum Gasteiger partial charge on any atom is 0.200 e. The van der Waals surface area contributed by atoms with Crippen molar-refractivity contribution in [1.82, 2.24) is 0 Å². The van der Waals surface area contributed by atoms with Crippen molar-refractivity contribution in [3.8, 4) is 52.4 Å². The molecule has 2 aromatic carbocycles. The van der Waals surface area contributed by atoms with Gasteiger partial charge in [0.1, 0.15) is 11.5 Å². The highest BCUT2D eigenvalue weighted by atomic mass is 16.3. The van der Waals surface area contributed by atoms with Gasteiger partial charge in [-0.05, 0) is 30.7 Å². The second kappa shape index (κ2) is 7.71. The fourth-order valence-corrected chi connectivity index (χ4v) is 1.94. The molecule has 2 aromatic rings. The van der Waals surface area contributed by atoms with E-state index in [1.165, 1.54) is 30.3 Å². The Morgan fingerprint density at radius 2 is 1.08 bits per heavy atom. The molecule has 5 nitrogen and oxygen atoms in total. The molecule has 0 spiro atoms. The molecule has 5 heteroatoms. The van der Waals surface area contributed by atoms with E-state index >= 15 is 0 Å². The van der Waals surface area contributed by atoms with E-state index in [2.05, 4.69) is 23.7 Å². The molecule has 0 heterocycles. The van der Waals surface area contributed by atoms with E-state index in [9.17, 15) is 25.5 Å². The lowest BCUT2D eigenvalue weighted by Gasteiger charge is -2.00. The molecule has 0 aliphatic heterocycles. The summed E-state index contributed by atoms with van der Waals surface area (Å²) in [5.41, 5.74) is 0.942. The molecule has 0 saturated heterocycles. The Kier molecular flexibility index (Phi) is 5.44. The lowest BCUT2D eigenvalue weighted by molar-refractivity contribution is 0.367. The predicted molar refractivity (Wildman–Crippen MR) is 88.8 cm³/mol. The quantitative estimate of drug-likeness (QED) is 0.332. The average molecular weight is 324 g/mol. The number of hydrogen-bond acceptors (Lipinski definition) is 5. The zero-order chi connectivity index (χ0) is 17.5. The van der Waals surface area contributed by atoms with Crippen molar-refractivity contribution in [3.63, 3.8) is 0 Å². The molecule has 0 aromatic heterocycles. The molecule has 5 N–H and O–H groups in total. The Bertz CT molecular complexity index is 820. The number of unbranched alkanes of at least 4 members (excludes halogenated alkanes) is 2. The zero-order valence-electron chi connectivity index (χ0n) is 12.7. The minimum absolute atomic E-state index is 0.0365. The van der Waals surface area contributed by atoms with Crippen LogP contribution in [0.3, 0.4) is 0 Å². The molecule has 0 aliphatic rings. The highest BCUT2D eigenvalue weighted by molar-refractivity contribution is 5.55. The Hall–Kier alpha value is -3.44. The fourth-order valence-electron chi connectivity index (χ4n) is 1.94. The minimum atomic E-state index is -0.561. The van der Waals surface area contributed by atoms with Crippen molar-refractivity contribution in [2.75, 3.05) is 0 Å². The first-order chi connectivity index (χ1) is 11.5. The van der Waals surface area contributed by atoms with Crippen LogP contribution in [0.25, 0.3) is 0 Å². The number of rotatable bonds is 2. The molecular weight excluding hydrogens is 308 g/mol. The molecule has 0 amide bonds. The van der Waals surface area contributed by atoms with E-state index in [-0.39, 0.29) is 11.5 Å². The lowest BCUT2D eigenvalue weighted by atomic mass is 10.1. The monoisotopic (exact) mass is 324 g/mol. The van der Waals surface area contributed by atoms with Crippen LogP contribution in [-0.2, 0) is 0 Å². The maximum absolute atomic E-state index is 9.37. The molecule has 122 valence electrons. The molecule has 0 atom stereocenters. The van der Waals surface area contributed by atoms with Gasteiger partial charge >= 0.3 is 0 Å². The number of phenolic OH excluding ortho intramolecular Hbond substituents is 5. The summed E-state index contributed by atoms with van der Waals surface area (Å²) in [4.78, 5) is 0. The molecular formula is C19H16O5. The van der Waals surface area contributed by atoms with Gasteiger partial charge in [-0.15, -0.1) is 0 Å².